The number of benzene rings is 1. The van der Waals surface area contributed by atoms with Crippen LogP contribution in [0.25, 0.3) is 11.0 Å². The molecule has 9 heteroatoms. The van der Waals surface area contributed by atoms with Gasteiger partial charge in [-0.25, -0.2) is 13.4 Å². The van der Waals surface area contributed by atoms with Gasteiger partial charge in [0.2, 0.25) is 5.91 Å². The lowest BCUT2D eigenvalue weighted by atomic mass is 10.2. The third-order valence-corrected chi connectivity index (χ3v) is 5.73. The van der Waals surface area contributed by atoms with Crippen LogP contribution in [0.5, 0.6) is 0 Å². The van der Waals surface area contributed by atoms with Crippen molar-refractivity contribution in [1.29, 1.82) is 0 Å². The van der Waals surface area contributed by atoms with Crippen molar-refractivity contribution in [3.8, 4) is 0 Å². The molecule has 0 unspecified atom stereocenters. The molecule has 2 heterocycles. The summed E-state index contributed by atoms with van der Waals surface area (Å²) in [5.74, 6) is -0.283. The van der Waals surface area contributed by atoms with Crippen LogP contribution in [-0.2, 0) is 41.8 Å². The minimum Gasteiger partial charge on any atom is -0.330 e. The van der Waals surface area contributed by atoms with E-state index in [1.54, 1.807) is 9.58 Å². The molecule has 3 aromatic rings. The Morgan fingerprint density at radius 3 is 2.39 bits per heavy atom. The second-order valence-corrected chi connectivity index (χ2v) is 9.31. The number of rotatable bonds is 6. The fourth-order valence-electron chi connectivity index (χ4n) is 3.29. The van der Waals surface area contributed by atoms with Crippen LogP contribution in [-0.4, -0.2) is 50.6 Å². The van der Waals surface area contributed by atoms with Crippen LogP contribution < -0.4 is 0 Å². The van der Waals surface area contributed by atoms with Crippen molar-refractivity contribution in [3.63, 3.8) is 0 Å². The van der Waals surface area contributed by atoms with Crippen molar-refractivity contribution in [2.75, 3.05) is 12.0 Å². The molecule has 8 nitrogen and oxygen atoms in total. The minimum absolute atomic E-state index is 0.216. The van der Waals surface area contributed by atoms with Crippen molar-refractivity contribution in [1.82, 2.24) is 24.2 Å². The molecule has 0 fully saturated rings. The van der Waals surface area contributed by atoms with E-state index in [0.29, 0.717) is 5.82 Å². The highest BCUT2D eigenvalue weighted by molar-refractivity contribution is 7.91. The Morgan fingerprint density at radius 1 is 1.14 bits per heavy atom. The third kappa shape index (κ3) is 4.09. The Morgan fingerprint density at radius 2 is 1.82 bits per heavy atom. The highest BCUT2D eigenvalue weighted by Gasteiger charge is 2.23. The molecule has 1 aromatic carbocycles. The highest BCUT2D eigenvalue weighted by Crippen LogP contribution is 2.19. The fourth-order valence-corrected chi connectivity index (χ4v) is 3.92. The Balaban J connectivity index is 1.97. The Labute approximate surface area is 164 Å². The van der Waals surface area contributed by atoms with Gasteiger partial charge in [0.1, 0.15) is 11.6 Å². The van der Waals surface area contributed by atoms with Crippen LogP contribution in [0, 0.1) is 13.8 Å². The molecule has 150 valence electrons. The number of amides is 1. The zero-order chi connectivity index (χ0) is 20.6. The lowest BCUT2D eigenvalue weighted by molar-refractivity contribution is -0.129. The van der Waals surface area contributed by atoms with Crippen molar-refractivity contribution >= 4 is 26.8 Å². The van der Waals surface area contributed by atoms with Crippen molar-refractivity contribution in [2.24, 2.45) is 14.1 Å². The predicted octanol–water partition coefficient (Wildman–Crippen LogP) is 1.50. The van der Waals surface area contributed by atoms with E-state index in [1.165, 1.54) is 0 Å². The summed E-state index contributed by atoms with van der Waals surface area (Å²) in [4.78, 5) is 19.0. The van der Waals surface area contributed by atoms with Gasteiger partial charge in [-0.1, -0.05) is 12.1 Å². The maximum absolute atomic E-state index is 12.8. The lowest BCUT2D eigenvalue weighted by Crippen LogP contribution is -2.35. The third-order valence-electron chi connectivity index (χ3n) is 4.96. The first-order valence-electron chi connectivity index (χ1n) is 8.91. The molecule has 0 aliphatic rings. The van der Waals surface area contributed by atoms with Crippen LogP contribution in [0.1, 0.15) is 22.8 Å². The summed E-state index contributed by atoms with van der Waals surface area (Å²) < 4.78 is 27.1. The van der Waals surface area contributed by atoms with Crippen LogP contribution in [0.3, 0.4) is 0 Å². The number of aromatic nitrogens is 4. The van der Waals surface area contributed by atoms with Gasteiger partial charge in [-0.3, -0.25) is 9.48 Å². The van der Waals surface area contributed by atoms with E-state index in [-0.39, 0.29) is 13.1 Å². The number of fused-ring (bicyclic) bond motifs is 1. The smallest absolute Gasteiger partial charge is 0.238 e. The second kappa shape index (κ2) is 7.38. The van der Waals surface area contributed by atoms with Gasteiger partial charge in [0.05, 0.1) is 23.3 Å². The van der Waals surface area contributed by atoms with Gasteiger partial charge in [-0.15, -0.1) is 0 Å². The molecule has 0 atom stereocenters. The second-order valence-electron chi connectivity index (χ2n) is 7.17. The van der Waals surface area contributed by atoms with E-state index < -0.39 is 21.5 Å². The summed E-state index contributed by atoms with van der Waals surface area (Å²) in [5.41, 5.74) is 4.48. The minimum atomic E-state index is -3.44. The van der Waals surface area contributed by atoms with Gasteiger partial charge in [-0.05, 0) is 26.0 Å². The van der Waals surface area contributed by atoms with Gasteiger partial charge in [-0.2, -0.15) is 5.10 Å². The quantitative estimate of drug-likeness (QED) is 0.622. The number of hydrogen-bond acceptors (Lipinski definition) is 5. The SMILES string of the molecule is Cc1nn(C)c(C)c1CN(Cc1nc2ccccc2n1C)C(=O)CS(C)(=O)=O. The van der Waals surface area contributed by atoms with E-state index >= 15 is 0 Å². The first kappa shape index (κ1) is 20.1. The summed E-state index contributed by atoms with van der Waals surface area (Å²) >= 11 is 0. The van der Waals surface area contributed by atoms with Gasteiger partial charge in [0.25, 0.3) is 0 Å². The monoisotopic (exact) mass is 403 g/mol. The molecule has 0 aliphatic carbocycles. The van der Waals surface area contributed by atoms with Crippen LogP contribution in [0.2, 0.25) is 0 Å². The molecule has 2 aromatic heterocycles. The Hall–Kier alpha value is -2.68. The number of para-hydroxylation sites is 2. The van der Waals surface area contributed by atoms with Crippen molar-refractivity contribution in [3.05, 3.63) is 47.0 Å². The predicted molar refractivity (Wildman–Crippen MR) is 107 cm³/mol. The molecule has 0 spiro atoms. The molecule has 0 radical (unpaired) electrons. The van der Waals surface area contributed by atoms with E-state index in [1.807, 2.05) is 56.8 Å². The topological polar surface area (TPSA) is 90.1 Å². The van der Waals surface area contributed by atoms with E-state index in [4.69, 9.17) is 0 Å². The zero-order valence-corrected chi connectivity index (χ0v) is 17.6. The molecule has 1 amide bonds. The molecule has 0 aliphatic heterocycles. The van der Waals surface area contributed by atoms with E-state index in [2.05, 4.69) is 10.1 Å². The number of carbonyl (C=O) groups excluding carboxylic acids is 1. The summed E-state index contributed by atoms with van der Waals surface area (Å²) in [6.45, 7) is 4.32. The van der Waals surface area contributed by atoms with Gasteiger partial charge < -0.3 is 9.47 Å². The molecular formula is C19H25N5O3S. The average Bonchev–Trinajstić information content (AvgIpc) is 3.04. The van der Waals surface area contributed by atoms with Gasteiger partial charge in [0.15, 0.2) is 9.84 Å². The Bertz CT molecular complexity index is 1140. The van der Waals surface area contributed by atoms with Crippen molar-refractivity contribution < 1.29 is 13.2 Å². The van der Waals surface area contributed by atoms with Gasteiger partial charge in [0, 0.05) is 38.2 Å². The number of imidazole rings is 1. The zero-order valence-electron chi connectivity index (χ0n) is 16.8. The standard InChI is InChI=1S/C19H25N5O3S/c1-13-15(14(2)23(4)21-13)10-24(19(25)12-28(5,26)27)11-18-20-16-8-6-7-9-17(16)22(18)3/h6-9H,10-12H2,1-5H3. The molecule has 28 heavy (non-hydrogen) atoms. The molecule has 3 rings (SSSR count). The van der Waals surface area contributed by atoms with E-state index in [9.17, 15) is 13.2 Å². The molecule has 0 saturated heterocycles. The summed E-state index contributed by atoms with van der Waals surface area (Å²) in [5, 5.41) is 4.40. The van der Waals surface area contributed by atoms with Crippen molar-refractivity contribution in [2.45, 2.75) is 26.9 Å². The Kier molecular flexibility index (Phi) is 5.29. The largest absolute Gasteiger partial charge is 0.330 e. The van der Waals surface area contributed by atoms with Gasteiger partial charge >= 0.3 is 0 Å². The number of nitrogens with zero attached hydrogens (tertiary/aromatic N) is 5. The molecule has 0 saturated carbocycles. The molecular weight excluding hydrogens is 378 g/mol. The number of hydrogen-bond donors (Lipinski definition) is 0. The van der Waals surface area contributed by atoms with E-state index in [0.717, 1.165) is 34.2 Å². The van der Waals surface area contributed by atoms with Crippen LogP contribution >= 0.6 is 0 Å². The summed E-state index contributed by atoms with van der Waals surface area (Å²) in [6, 6.07) is 7.72. The highest BCUT2D eigenvalue weighted by atomic mass is 32.2. The molecule has 0 bridgehead atoms. The van der Waals surface area contributed by atoms with Crippen LogP contribution in [0.15, 0.2) is 24.3 Å². The first-order chi connectivity index (χ1) is 13.1. The maximum atomic E-state index is 12.8. The lowest BCUT2D eigenvalue weighted by Gasteiger charge is -2.22. The number of sulfone groups is 1. The van der Waals surface area contributed by atoms with Crippen LogP contribution in [0.4, 0.5) is 0 Å². The number of carbonyl (C=O) groups is 1. The fraction of sp³-hybridized carbons (Fsp3) is 0.421. The first-order valence-corrected chi connectivity index (χ1v) is 11.0. The summed E-state index contributed by atoms with van der Waals surface area (Å²) in [7, 11) is 0.299. The normalized spacial score (nSPS) is 11.9. The average molecular weight is 404 g/mol. The maximum Gasteiger partial charge on any atom is 0.238 e. The molecule has 0 N–H and O–H groups in total. The number of aryl methyl sites for hydroxylation is 3. The summed E-state index contributed by atoms with van der Waals surface area (Å²) in [6.07, 6.45) is 1.07.